The molecular formula is C21H28N2O5. The van der Waals surface area contributed by atoms with Crippen molar-refractivity contribution >= 4 is 18.5 Å². The van der Waals surface area contributed by atoms with Crippen molar-refractivity contribution in [3.63, 3.8) is 0 Å². The van der Waals surface area contributed by atoms with E-state index in [2.05, 4.69) is 0 Å². The van der Waals surface area contributed by atoms with E-state index in [9.17, 15) is 14.4 Å². The molecule has 3 rings (SSSR count). The van der Waals surface area contributed by atoms with Gasteiger partial charge in [-0.2, -0.15) is 0 Å². The molecule has 0 aliphatic carbocycles. The molecule has 3 atom stereocenters. The van der Waals surface area contributed by atoms with Gasteiger partial charge in [0.1, 0.15) is 18.5 Å². The Morgan fingerprint density at radius 1 is 1.14 bits per heavy atom. The number of hydrogen-bond donors (Lipinski definition) is 0. The van der Waals surface area contributed by atoms with Gasteiger partial charge in [0.25, 0.3) is 0 Å². The van der Waals surface area contributed by atoms with Gasteiger partial charge in [0, 0.05) is 13.0 Å². The van der Waals surface area contributed by atoms with Crippen LogP contribution < -0.4 is 0 Å². The molecule has 2 amide bonds. The quantitative estimate of drug-likeness (QED) is 0.739. The lowest BCUT2D eigenvalue weighted by molar-refractivity contribution is -0.110. The summed E-state index contributed by atoms with van der Waals surface area (Å²) in [6.45, 7) is 6.00. The van der Waals surface area contributed by atoms with E-state index < -0.39 is 17.7 Å². The second-order valence-corrected chi connectivity index (χ2v) is 8.35. The van der Waals surface area contributed by atoms with Gasteiger partial charge in [0.2, 0.25) is 0 Å². The predicted octanol–water partition coefficient (Wildman–Crippen LogP) is 3.36. The summed E-state index contributed by atoms with van der Waals surface area (Å²) in [5.74, 6) is 0. The highest BCUT2D eigenvalue weighted by molar-refractivity contribution is 5.73. The molecule has 2 aliphatic heterocycles. The molecule has 2 aliphatic rings. The molecule has 7 nitrogen and oxygen atoms in total. The van der Waals surface area contributed by atoms with Gasteiger partial charge in [-0.15, -0.1) is 0 Å². The molecule has 2 heterocycles. The average molecular weight is 388 g/mol. The van der Waals surface area contributed by atoms with Crippen LogP contribution in [0.3, 0.4) is 0 Å². The monoisotopic (exact) mass is 388 g/mol. The number of carbonyl (C=O) groups is 3. The Bertz CT molecular complexity index is 715. The lowest BCUT2D eigenvalue weighted by Gasteiger charge is -2.45. The molecule has 0 saturated carbocycles. The number of ether oxygens (including phenoxy) is 2. The molecule has 1 aromatic carbocycles. The summed E-state index contributed by atoms with van der Waals surface area (Å²) in [5, 5.41) is 0. The standard InChI is InChI=1S/C21H28N2O5/c1-21(2,3)28-20(26)23-16-9-10-18(23)17(11-12-24)22(13-16)19(25)27-14-15-7-5-4-6-8-15/h4-8,12,16-18H,9-11,13-14H2,1-3H3/t16-,17-,18+/m1/s1. The van der Waals surface area contributed by atoms with E-state index in [1.165, 1.54) is 0 Å². The van der Waals surface area contributed by atoms with Crippen LogP contribution in [0.1, 0.15) is 45.6 Å². The van der Waals surface area contributed by atoms with Crippen LogP contribution in [0.2, 0.25) is 0 Å². The van der Waals surface area contributed by atoms with Crippen LogP contribution >= 0.6 is 0 Å². The Hall–Kier alpha value is -2.57. The number of piperazine rings is 1. The maximum absolute atomic E-state index is 12.7. The van der Waals surface area contributed by atoms with E-state index in [1.54, 1.807) is 9.80 Å². The topological polar surface area (TPSA) is 76.2 Å². The van der Waals surface area contributed by atoms with Gasteiger partial charge >= 0.3 is 12.2 Å². The van der Waals surface area contributed by atoms with Gasteiger partial charge in [-0.1, -0.05) is 30.3 Å². The van der Waals surface area contributed by atoms with E-state index in [-0.39, 0.29) is 31.2 Å². The Balaban J connectivity index is 1.71. The minimum absolute atomic E-state index is 0.118. The summed E-state index contributed by atoms with van der Waals surface area (Å²) in [7, 11) is 0. The largest absolute Gasteiger partial charge is 0.445 e. The molecule has 1 aromatic rings. The summed E-state index contributed by atoms with van der Waals surface area (Å²) in [5.41, 5.74) is 0.306. The number of hydrogen-bond acceptors (Lipinski definition) is 5. The van der Waals surface area contributed by atoms with Gasteiger partial charge in [-0.25, -0.2) is 9.59 Å². The average Bonchev–Trinajstić information content (AvgIpc) is 2.97. The minimum Gasteiger partial charge on any atom is -0.445 e. The molecule has 0 spiro atoms. The van der Waals surface area contributed by atoms with Gasteiger partial charge in [-0.05, 0) is 39.2 Å². The molecule has 2 saturated heterocycles. The van der Waals surface area contributed by atoms with E-state index >= 15 is 0 Å². The van der Waals surface area contributed by atoms with Gasteiger partial charge in [0.05, 0.1) is 18.1 Å². The molecule has 0 unspecified atom stereocenters. The molecule has 7 heteroatoms. The highest BCUT2D eigenvalue weighted by Crippen LogP contribution is 2.36. The molecular weight excluding hydrogens is 360 g/mol. The van der Waals surface area contributed by atoms with Crippen LogP contribution in [-0.4, -0.2) is 58.5 Å². The van der Waals surface area contributed by atoms with Crippen LogP contribution in [-0.2, 0) is 20.9 Å². The van der Waals surface area contributed by atoms with Crippen molar-refractivity contribution in [2.45, 2.75) is 70.4 Å². The van der Waals surface area contributed by atoms with Crippen molar-refractivity contribution in [3.8, 4) is 0 Å². The number of amides is 2. The number of benzene rings is 1. The second-order valence-electron chi connectivity index (χ2n) is 8.35. The van der Waals surface area contributed by atoms with Crippen LogP contribution in [0.4, 0.5) is 9.59 Å². The van der Waals surface area contributed by atoms with E-state index in [4.69, 9.17) is 9.47 Å². The first kappa shape index (κ1) is 20.2. The molecule has 152 valence electrons. The number of aldehydes is 1. The highest BCUT2D eigenvalue weighted by atomic mass is 16.6. The number of carbonyl (C=O) groups excluding carboxylic acids is 3. The normalized spacial score (nSPS) is 24.0. The van der Waals surface area contributed by atoms with E-state index in [0.29, 0.717) is 6.54 Å². The van der Waals surface area contributed by atoms with Crippen molar-refractivity contribution in [3.05, 3.63) is 35.9 Å². The summed E-state index contributed by atoms with van der Waals surface area (Å²) in [4.78, 5) is 40.0. The highest BCUT2D eigenvalue weighted by Gasteiger charge is 2.51. The zero-order valence-electron chi connectivity index (χ0n) is 16.7. The maximum Gasteiger partial charge on any atom is 0.410 e. The fourth-order valence-corrected chi connectivity index (χ4v) is 4.03. The fraction of sp³-hybridized carbons (Fsp3) is 0.571. The summed E-state index contributed by atoms with van der Waals surface area (Å²) >= 11 is 0. The zero-order chi connectivity index (χ0) is 20.3. The smallest absolute Gasteiger partial charge is 0.410 e. The molecule has 0 aromatic heterocycles. The van der Waals surface area contributed by atoms with Crippen LogP contribution in [0, 0.1) is 0 Å². The summed E-state index contributed by atoms with van der Waals surface area (Å²) < 4.78 is 11.0. The van der Waals surface area contributed by atoms with Crippen LogP contribution in [0.15, 0.2) is 30.3 Å². The number of likely N-dealkylation sites (tertiary alicyclic amines) is 1. The summed E-state index contributed by atoms with van der Waals surface area (Å²) in [6, 6.07) is 8.71. The second kappa shape index (κ2) is 8.20. The lowest BCUT2D eigenvalue weighted by atomic mass is 10.0. The predicted molar refractivity (Wildman–Crippen MR) is 103 cm³/mol. The first-order valence-corrected chi connectivity index (χ1v) is 9.72. The third-order valence-electron chi connectivity index (χ3n) is 5.18. The Labute approximate surface area is 165 Å². The van der Waals surface area contributed by atoms with Crippen molar-refractivity contribution in [1.29, 1.82) is 0 Å². The summed E-state index contributed by atoms with van der Waals surface area (Å²) in [6.07, 6.45) is 1.65. The van der Waals surface area contributed by atoms with Crippen LogP contribution in [0.25, 0.3) is 0 Å². The first-order valence-electron chi connectivity index (χ1n) is 9.72. The van der Waals surface area contributed by atoms with E-state index in [1.807, 2.05) is 51.1 Å². The van der Waals surface area contributed by atoms with Gasteiger partial charge in [-0.3, -0.25) is 4.90 Å². The maximum atomic E-state index is 12.7. The molecule has 2 bridgehead atoms. The van der Waals surface area contributed by atoms with Crippen molar-refractivity contribution in [2.75, 3.05) is 6.54 Å². The lowest BCUT2D eigenvalue weighted by Crippen LogP contribution is -2.63. The number of rotatable bonds is 4. The molecule has 28 heavy (non-hydrogen) atoms. The Morgan fingerprint density at radius 3 is 2.50 bits per heavy atom. The van der Waals surface area contributed by atoms with Crippen molar-refractivity contribution in [2.24, 2.45) is 0 Å². The van der Waals surface area contributed by atoms with Gasteiger partial charge in [0.15, 0.2) is 0 Å². The Morgan fingerprint density at radius 2 is 1.86 bits per heavy atom. The van der Waals surface area contributed by atoms with Gasteiger partial charge < -0.3 is 19.2 Å². The Kier molecular flexibility index (Phi) is 5.91. The zero-order valence-corrected chi connectivity index (χ0v) is 16.7. The third-order valence-corrected chi connectivity index (χ3v) is 5.18. The van der Waals surface area contributed by atoms with Crippen molar-refractivity contribution < 1.29 is 23.9 Å². The van der Waals surface area contributed by atoms with Crippen LogP contribution in [0.5, 0.6) is 0 Å². The number of fused-ring (bicyclic) bond motifs is 2. The van der Waals surface area contributed by atoms with Crippen molar-refractivity contribution in [1.82, 2.24) is 9.80 Å². The van der Waals surface area contributed by atoms with E-state index in [0.717, 1.165) is 24.7 Å². The first-order chi connectivity index (χ1) is 13.3. The minimum atomic E-state index is -0.595. The SMILES string of the molecule is CC(C)(C)OC(=O)N1[C@@H]2CC[C@H]1[C@@H](CC=O)N(C(=O)OCc1ccccc1)C2. The molecule has 0 radical (unpaired) electrons. The third kappa shape index (κ3) is 4.46. The fourth-order valence-electron chi connectivity index (χ4n) is 4.03. The molecule has 0 N–H and O–H groups in total. The number of nitrogens with zero attached hydrogens (tertiary/aromatic N) is 2. The molecule has 2 fully saturated rings.